The van der Waals surface area contributed by atoms with Crippen molar-refractivity contribution >= 4 is 11.7 Å². The highest BCUT2D eigenvalue weighted by molar-refractivity contribution is 5.97. The van der Waals surface area contributed by atoms with Crippen LogP contribution >= 0.6 is 0 Å². The number of nitrogens with zero attached hydrogens (tertiary/aromatic N) is 2. The van der Waals surface area contributed by atoms with Gasteiger partial charge in [0.2, 0.25) is 0 Å². The molecule has 1 aromatic heterocycles. The molecule has 5 heteroatoms. The quantitative estimate of drug-likeness (QED) is 0.483. The second kappa shape index (κ2) is 5.86. The van der Waals surface area contributed by atoms with Crippen molar-refractivity contribution in [2.45, 2.75) is 6.92 Å². The van der Waals surface area contributed by atoms with Gasteiger partial charge >= 0.3 is 5.97 Å². The number of benzene rings is 1. The normalized spacial score (nSPS) is 11.2. The number of halogens is 1. The van der Waals surface area contributed by atoms with Crippen LogP contribution in [-0.2, 0) is 4.84 Å². The summed E-state index contributed by atoms with van der Waals surface area (Å²) in [7, 11) is 0. The van der Waals surface area contributed by atoms with E-state index in [0.29, 0.717) is 11.4 Å². The Morgan fingerprint density at radius 1 is 1.21 bits per heavy atom. The number of hydrogen-bond acceptors (Lipinski definition) is 4. The van der Waals surface area contributed by atoms with Gasteiger partial charge in [-0.25, -0.2) is 9.18 Å². The van der Waals surface area contributed by atoms with E-state index in [-0.39, 0.29) is 5.56 Å². The van der Waals surface area contributed by atoms with Gasteiger partial charge in [-0.2, -0.15) is 0 Å². The first kappa shape index (κ1) is 12.9. The number of hydrogen-bond donors (Lipinski definition) is 0. The smallest absolute Gasteiger partial charge is 0.312 e. The average Bonchev–Trinajstić information content (AvgIpc) is 2.46. The molecule has 0 spiro atoms. The molecule has 0 aliphatic carbocycles. The summed E-state index contributed by atoms with van der Waals surface area (Å²) in [6.07, 6.45) is 1.60. The molecular weight excluding hydrogens is 247 g/mol. The topological polar surface area (TPSA) is 51.5 Å². The number of carbonyl (C=O) groups excluding carboxylic acids is 1. The fraction of sp³-hybridized carbons (Fsp3) is 0.0714. The standard InChI is InChI=1S/C14H11FN2O2/c1-10(13-8-4-5-9-16-13)17-19-14(18)11-6-2-3-7-12(11)15/h2-9H,1H3. The van der Waals surface area contributed by atoms with Crippen LogP contribution in [0.1, 0.15) is 23.0 Å². The van der Waals surface area contributed by atoms with E-state index in [1.807, 2.05) is 0 Å². The lowest BCUT2D eigenvalue weighted by molar-refractivity contribution is 0.0511. The molecule has 19 heavy (non-hydrogen) atoms. The highest BCUT2D eigenvalue weighted by Gasteiger charge is 2.12. The van der Waals surface area contributed by atoms with Crippen molar-refractivity contribution in [3.8, 4) is 0 Å². The van der Waals surface area contributed by atoms with Gasteiger partial charge in [0.25, 0.3) is 0 Å². The molecule has 1 heterocycles. The fourth-order valence-electron chi connectivity index (χ4n) is 1.41. The van der Waals surface area contributed by atoms with E-state index in [0.717, 1.165) is 0 Å². The van der Waals surface area contributed by atoms with Crippen LogP contribution in [-0.4, -0.2) is 16.7 Å². The Hall–Kier alpha value is -2.56. The molecular formula is C14H11FN2O2. The van der Waals surface area contributed by atoms with E-state index in [1.165, 1.54) is 18.2 Å². The summed E-state index contributed by atoms with van der Waals surface area (Å²) in [5.74, 6) is -1.48. The third-order valence-corrected chi connectivity index (χ3v) is 2.39. The molecule has 0 saturated carbocycles. The molecule has 0 amide bonds. The largest absolute Gasteiger partial charge is 0.368 e. The molecule has 2 aromatic rings. The van der Waals surface area contributed by atoms with Gasteiger partial charge in [-0.3, -0.25) is 4.98 Å². The van der Waals surface area contributed by atoms with E-state index in [2.05, 4.69) is 10.1 Å². The maximum atomic E-state index is 13.3. The van der Waals surface area contributed by atoms with E-state index >= 15 is 0 Å². The molecule has 1 aromatic carbocycles. The first-order valence-corrected chi connectivity index (χ1v) is 5.60. The van der Waals surface area contributed by atoms with E-state index in [4.69, 9.17) is 4.84 Å². The predicted octanol–water partition coefficient (Wildman–Crippen LogP) is 2.80. The van der Waals surface area contributed by atoms with Crippen molar-refractivity contribution in [2.75, 3.05) is 0 Å². The number of oxime groups is 1. The summed E-state index contributed by atoms with van der Waals surface area (Å²) in [6.45, 7) is 1.65. The number of carbonyl (C=O) groups is 1. The predicted molar refractivity (Wildman–Crippen MR) is 68.3 cm³/mol. The number of pyridine rings is 1. The van der Waals surface area contributed by atoms with Crippen molar-refractivity contribution in [1.82, 2.24) is 4.98 Å². The minimum atomic E-state index is -0.839. The van der Waals surface area contributed by atoms with Crippen LogP contribution in [0.4, 0.5) is 4.39 Å². The van der Waals surface area contributed by atoms with Crippen molar-refractivity contribution < 1.29 is 14.0 Å². The Bertz CT molecular complexity index is 612. The fourth-order valence-corrected chi connectivity index (χ4v) is 1.41. The van der Waals surface area contributed by atoms with Crippen LogP contribution in [0.15, 0.2) is 53.8 Å². The Morgan fingerprint density at radius 3 is 2.63 bits per heavy atom. The van der Waals surface area contributed by atoms with Crippen LogP contribution < -0.4 is 0 Å². The third-order valence-electron chi connectivity index (χ3n) is 2.39. The van der Waals surface area contributed by atoms with Crippen LogP contribution in [0.2, 0.25) is 0 Å². The minimum absolute atomic E-state index is 0.153. The van der Waals surface area contributed by atoms with Gasteiger partial charge in [0.15, 0.2) is 0 Å². The molecule has 2 rings (SSSR count). The van der Waals surface area contributed by atoms with Gasteiger partial charge in [-0.05, 0) is 31.2 Å². The van der Waals surface area contributed by atoms with Crippen LogP contribution in [0, 0.1) is 5.82 Å². The maximum absolute atomic E-state index is 13.3. The highest BCUT2D eigenvalue weighted by atomic mass is 19.1. The maximum Gasteiger partial charge on any atom is 0.368 e. The lowest BCUT2D eigenvalue weighted by Gasteiger charge is -2.01. The van der Waals surface area contributed by atoms with Gasteiger partial charge in [-0.15, -0.1) is 0 Å². The Labute approximate surface area is 109 Å². The molecule has 0 N–H and O–H groups in total. The SMILES string of the molecule is CC(=NOC(=O)c1ccccc1F)c1ccccn1. The van der Waals surface area contributed by atoms with Gasteiger partial charge in [0.05, 0.1) is 11.3 Å². The van der Waals surface area contributed by atoms with Gasteiger partial charge < -0.3 is 4.84 Å². The van der Waals surface area contributed by atoms with Crippen molar-refractivity contribution in [2.24, 2.45) is 5.16 Å². The Kier molecular flexibility index (Phi) is 3.97. The van der Waals surface area contributed by atoms with Gasteiger partial charge in [0, 0.05) is 6.20 Å². The summed E-state index contributed by atoms with van der Waals surface area (Å²) < 4.78 is 13.3. The molecule has 0 saturated heterocycles. The van der Waals surface area contributed by atoms with Gasteiger partial charge in [-0.1, -0.05) is 23.4 Å². The van der Waals surface area contributed by atoms with E-state index < -0.39 is 11.8 Å². The molecule has 0 aliphatic rings. The third kappa shape index (κ3) is 3.22. The Morgan fingerprint density at radius 2 is 1.95 bits per heavy atom. The minimum Gasteiger partial charge on any atom is -0.312 e. The number of aromatic nitrogens is 1. The molecule has 96 valence electrons. The zero-order valence-corrected chi connectivity index (χ0v) is 10.2. The monoisotopic (exact) mass is 258 g/mol. The van der Waals surface area contributed by atoms with Crippen molar-refractivity contribution in [3.05, 3.63) is 65.7 Å². The lowest BCUT2D eigenvalue weighted by Crippen LogP contribution is -2.06. The highest BCUT2D eigenvalue weighted by Crippen LogP contribution is 2.08. The van der Waals surface area contributed by atoms with E-state index in [9.17, 15) is 9.18 Å². The Balaban J connectivity index is 2.11. The first-order chi connectivity index (χ1) is 9.18. The molecule has 0 radical (unpaired) electrons. The molecule has 0 bridgehead atoms. The molecule has 0 aliphatic heterocycles. The zero-order chi connectivity index (χ0) is 13.7. The van der Waals surface area contributed by atoms with Crippen molar-refractivity contribution in [3.63, 3.8) is 0 Å². The summed E-state index contributed by atoms with van der Waals surface area (Å²) >= 11 is 0. The van der Waals surface area contributed by atoms with Crippen LogP contribution in [0.5, 0.6) is 0 Å². The van der Waals surface area contributed by atoms with Crippen LogP contribution in [0.3, 0.4) is 0 Å². The summed E-state index contributed by atoms with van der Waals surface area (Å²) in [6, 6.07) is 10.9. The summed E-state index contributed by atoms with van der Waals surface area (Å²) in [5.41, 5.74) is 0.870. The first-order valence-electron chi connectivity index (χ1n) is 5.60. The van der Waals surface area contributed by atoms with Crippen LogP contribution in [0.25, 0.3) is 0 Å². The van der Waals surface area contributed by atoms with Gasteiger partial charge in [0.1, 0.15) is 11.5 Å². The molecule has 0 atom stereocenters. The lowest BCUT2D eigenvalue weighted by atomic mass is 10.2. The zero-order valence-electron chi connectivity index (χ0n) is 10.2. The summed E-state index contributed by atoms with van der Waals surface area (Å²) in [4.78, 5) is 20.4. The summed E-state index contributed by atoms with van der Waals surface area (Å²) in [5, 5.41) is 3.65. The molecule has 4 nitrogen and oxygen atoms in total. The second-order valence-corrected chi connectivity index (χ2v) is 3.75. The molecule has 0 fully saturated rings. The van der Waals surface area contributed by atoms with E-state index in [1.54, 1.807) is 37.4 Å². The second-order valence-electron chi connectivity index (χ2n) is 3.75. The average molecular weight is 258 g/mol. The number of rotatable bonds is 3. The molecule has 0 unspecified atom stereocenters. The van der Waals surface area contributed by atoms with Crippen molar-refractivity contribution in [1.29, 1.82) is 0 Å².